The lowest BCUT2D eigenvalue weighted by Gasteiger charge is -2.25. The average molecular weight is 205 g/mol. The van der Waals surface area contributed by atoms with Gasteiger partial charge in [-0.25, -0.2) is 0 Å². The number of anilines is 1. The van der Waals surface area contributed by atoms with E-state index in [0.29, 0.717) is 6.04 Å². The molecule has 82 valence electrons. The van der Waals surface area contributed by atoms with Crippen molar-refractivity contribution in [2.24, 2.45) is 0 Å². The minimum atomic E-state index is 0.583. The largest absolute Gasteiger partial charge is 0.382 e. The average Bonchev–Trinajstić information content (AvgIpc) is 2.26. The maximum atomic E-state index is 5.35. The summed E-state index contributed by atoms with van der Waals surface area (Å²) in [6.45, 7) is 6.12. The molecule has 1 N–H and O–H groups in total. The molecule has 0 unspecified atom stereocenters. The highest BCUT2D eigenvalue weighted by Gasteiger charge is 2.14. The Kier molecular flexibility index (Phi) is 3.27. The predicted octanol–water partition coefficient (Wildman–Crippen LogP) is 2.89. The molecule has 1 aromatic rings. The number of ether oxygens (including phenoxy) is 1. The van der Waals surface area contributed by atoms with E-state index >= 15 is 0 Å². The molecule has 2 rings (SSSR count). The van der Waals surface area contributed by atoms with E-state index in [-0.39, 0.29) is 0 Å². The monoisotopic (exact) mass is 205 g/mol. The summed E-state index contributed by atoms with van der Waals surface area (Å²) >= 11 is 0. The van der Waals surface area contributed by atoms with E-state index in [9.17, 15) is 0 Å². The molecule has 1 saturated heterocycles. The molecule has 0 aromatic heterocycles. The predicted molar refractivity (Wildman–Crippen MR) is 63.4 cm³/mol. The Balaban J connectivity index is 2.06. The first kappa shape index (κ1) is 10.5. The number of hydrogen-bond donors (Lipinski definition) is 1. The highest BCUT2D eigenvalue weighted by molar-refractivity contribution is 5.54. The van der Waals surface area contributed by atoms with Crippen molar-refractivity contribution in [3.05, 3.63) is 29.3 Å². The molecule has 2 heteroatoms. The van der Waals surface area contributed by atoms with Crippen LogP contribution in [-0.2, 0) is 4.74 Å². The molecule has 1 aliphatic heterocycles. The smallest absolute Gasteiger partial charge is 0.0485 e. The number of benzene rings is 1. The first-order chi connectivity index (χ1) is 7.27. The lowest BCUT2D eigenvalue weighted by atomic mass is 10.1. The van der Waals surface area contributed by atoms with Crippen LogP contribution in [0.2, 0.25) is 0 Å². The van der Waals surface area contributed by atoms with E-state index in [0.717, 1.165) is 26.1 Å². The fraction of sp³-hybridized carbons (Fsp3) is 0.538. The fourth-order valence-corrected chi connectivity index (χ4v) is 1.97. The Morgan fingerprint density at radius 1 is 1.20 bits per heavy atom. The van der Waals surface area contributed by atoms with Crippen molar-refractivity contribution in [2.45, 2.75) is 32.7 Å². The van der Waals surface area contributed by atoms with E-state index in [2.05, 4.69) is 37.4 Å². The van der Waals surface area contributed by atoms with E-state index in [1.54, 1.807) is 0 Å². The summed E-state index contributed by atoms with van der Waals surface area (Å²) in [5.41, 5.74) is 4.00. The van der Waals surface area contributed by atoms with Crippen LogP contribution in [0.1, 0.15) is 24.0 Å². The Bertz CT molecular complexity index is 329. The van der Waals surface area contributed by atoms with Crippen LogP contribution in [0.15, 0.2) is 18.2 Å². The summed E-state index contributed by atoms with van der Waals surface area (Å²) in [5, 5.41) is 3.61. The third-order valence-electron chi connectivity index (χ3n) is 3.19. The standard InChI is InChI=1S/C13H19NO/c1-10-4-3-5-13(11(10)2)14-12-6-8-15-9-7-12/h3-5,12,14H,6-9H2,1-2H3. The summed E-state index contributed by atoms with van der Waals surface area (Å²) in [6, 6.07) is 7.02. The number of hydrogen-bond acceptors (Lipinski definition) is 2. The lowest BCUT2D eigenvalue weighted by molar-refractivity contribution is 0.0904. The summed E-state index contributed by atoms with van der Waals surface area (Å²) in [6.07, 6.45) is 2.24. The zero-order chi connectivity index (χ0) is 10.7. The van der Waals surface area contributed by atoms with Gasteiger partial charge in [0.05, 0.1) is 0 Å². The van der Waals surface area contributed by atoms with Gasteiger partial charge in [0.25, 0.3) is 0 Å². The Labute approximate surface area is 91.6 Å². The maximum absolute atomic E-state index is 5.35. The molecule has 0 radical (unpaired) electrons. The summed E-state index contributed by atoms with van der Waals surface area (Å²) in [5.74, 6) is 0. The first-order valence-corrected chi connectivity index (χ1v) is 5.68. The Hall–Kier alpha value is -1.02. The molecule has 0 saturated carbocycles. The van der Waals surface area contributed by atoms with Crippen molar-refractivity contribution < 1.29 is 4.74 Å². The van der Waals surface area contributed by atoms with Gasteiger partial charge in [0, 0.05) is 24.9 Å². The minimum Gasteiger partial charge on any atom is -0.382 e. The van der Waals surface area contributed by atoms with Crippen LogP contribution in [-0.4, -0.2) is 19.3 Å². The van der Waals surface area contributed by atoms with Gasteiger partial charge in [-0.1, -0.05) is 12.1 Å². The van der Waals surface area contributed by atoms with Crippen molar-refractivity contribution in [1.29, 1.82) is 0 Å². The maximum Gasteiger partial charge on any atom is 0.0485 e. The van der Waals surface area contributed by atoms with Crippen LogP contribution in [0.25, 0.3) is 0 Å². The van der Waals surface area contributed by atoms with Crippen LogP contribution >= 0.6 is 0 Å². The van der Waals surface area contributed by atoms with Crippen LogP contribution in [0.4, 0.5) is 5.69 Å². The van der Waals surface area contributed by atoms with Crippen LogP contribution in [0, 0.1) is 13.8 Å². The number of nitrogens with one attached hydrogen (secondary N) is 1. The zero-order valence-electron chi connectivity index (χ0n) is 9.55. The summed E-state index contributed by atoms with van der Waals surface area (Å²) in [4.78, 5) is 0. The summed E-state index contributed by atoms with van der Waals surface area (Å²) in [7, 11) is 0. The van der Waals surface area contributed by atoms with E-state index in [4.69, 9.17) is 4.74 Å². The minimum absolute atomic E-state index is 0.583. The number of aryl methyl sites for hydroxylation is 1. The Morgan fingerprint density at radius 2 is 1.93 bits per heavy atom. The molecule has 0 spiro atoms. The third kappa shape index (κ3) is 2.51. The van der Waals surface area contributed by atoms with Crippen molar-refractivity contribution in [1.82, 2.24) is 0 Å². The van der Waals surface area contributed by atoms with Crippen LogP contribution < -0.4 is 5.32 Å². The van der Waals surface area contributed by atoms with Gasteiger partial charge in [0.15, 0.2) is 0 Å². The van der Waals surface area contributed by atoms with Gasteiger partial charge in [-0.15, -0.1) is 0 Å². The molecule has 2 nitrogen and oxygen atoms in total. The molecule has 15 heavy (non-hydrogen) atoms. The van der Waals surface area contributed by atoms with Crippen LogP contribution in [0.3, 0.4) is 0 Å². The molecule has 0 atom stereocenters. The molecule has 0 amide bonds. The van der Waals surface area contributed by atoms with Gasteiger partial charge in [-0.05, 0) is 43.9 Å². The van der Waals surface area contributed by atoms with Crippen molar-refractivity contribution >= 4 is 5.69 Å². The topological polar surface area (TPSA) is 21.3 Å². The SMILES string of the molecule is Cc1cccc(NC2CCOCC2)c1C. The molecule has 1 aliphatic rings. The van der Waals surface area contributed by atoms with Gasteiger partial charge >= 0.3 is 0 Å². The van der Waals surface area contributed by atoms with E-state index in [1.807, 2.05) is 0 Å². The molecule has 1 fully saturated rings. The molecule has 0 bridgehead atoms. The quantitative estimate of drug-likeness (QED) is 0.801. The highest BCUT2D eigenvalue weighted by Crippen LogP contribution is 2.21. The number of rotatable bonds is 2. The highest BCUT2D eigenvalue weighted by atomic mass is 16.5. The molecule has 1 heterocycles. The van der Waals surface area contributed by atoms with Gasteiger partial charge in [0.1, 0.15) is 0 Å². The second kappa shape index (κ2) is 4.67. The van der Waals surface area contributed by atoms with Gasteiger partial charge < -0.3 is 10.1 Å². The second-order valence-electron chi connectivity index (χ2n) is 4.28. The molecular weight excluding hydrogens is 186 g/mol. The molecule has 1 aromatic carbocycles. The van der Waals surface area contributed by atoms with Crippen molar-refractivity contribution in [3.8, 4) is 0 Å². The van der Waals surface area contributed by atoms with Crippen LogP contribution in [0.5, 0.6) is 0 Å². The van der Waals surface area contributed by atoms with E-state index in [1.165, 1.54) is 16.8 Å². The summed E-state index contributed by atoms with van der Waals surface area (Å²) < 4.78 is 5.35. The van der Waals surface area contributed by atoms with Gasteiger partial charge in [0.2, 0.25) is 0 Å². The van der Waals surface area contributed by atoms with Gasteiger partial charge in [-0.3, -0.25) is 0 Å². The molecular formula is C13H19NO. The van der Waals surface area contributed by atoms with E-state index < -0.39 is 0 Å². The lowest BCUT2D eigenvalue weighted by Crippen LogP contribution is -2.28. The molecule has 0 aliphatic carbocycles. The Morgan fingerprint density at radius 3 is 2.67 bits per heavy atom. The second-order valence-corrected chi connectivity index (χ2v) is 4.28. The van der Waals surface area contributed by atoms with Crippen molar-refractivity contribution in [2.75, 3.05) is 18.5 Å². The van der Waals surface area contributed by atoms with Crippen molar-refractivity contribution in [3.63, 3.8) is 0 Å². The van der Waals surface area contributed by atoms with Gasteiger partial charge in [-0.2, -0.15) is 0 Å². The zero-order valence-corrected chi connectivity index (χ0v) is 9.55. The normalized spacial score (nSPS) is 17.7. The third-order valence-corrected chi connectivity index (χ3v) is 3.19. The fourth-order valence-electron chi connectivity index (χ4n) is 1.97. The first-order valence-electron chi connectivity index (χ1n) is 5.68.